The summed E-state index contributed by atoms with van der Waals surface area (Å²) in [7, 11) is 0. The van der Waals surface area contributed by atoms with Crippen molar-refractivity contribution in [1.82, 2.24) is 0 Å². The molecule has 0 saturated carbocycles. The molecule has 0 spiro atoms. The van der Waals surface area contributed by atoms with E-state index in [9.17, 15) is 14.5 Å². The fourth-order valence-corrected chi connectivity index (χ4v) is 3.41. The number of nitrogens with one attached hydrogen (secondary N) is 1. The van der Waals surface area contributed by atoms with E-state index in [1.165, 1.54) is 17.0 Å². The fraction of sp³-hybridized carbons (Fsp3) is 0.143. The lowest BCUT2D eigenvalue weighted by Gasteiger charge is -2.14. The summed E-state index contributed by atoms with van der Waals surface area (Å²) < 4.78 is 13.4. The maximum atomic E-state index is 13.4. The molecule has 0 radical (unpaired) electrons. The van der Waals surface area contributed by atoms with Gasteiger partial charge < -0.3 is 5.32 Å². The molecule has 1 heterocycles. The Morgan fingerprint density at radius 2 is 2.10 bits per heavy atom. The number of anilines is 1. The van der Waals surface area contributed by atoms with E-state index in [1.807, 2.05) is 24.3 Å². The van der Waals surface area contributed by atoms with Gasteiger partial charge in [0.25, 0.3) is 5.69 Å². The number of benzene rings is 2. The number of hydrogen-bond donors (Lipinski definition) is 1. The van der Waals surface area contributed by atoms with Gasteiger partial charge in [-0.15, -0.1) is 11.8 Å². The van der Waals surface area contributed by atoms with Gasteiger partial charge in [-0.05, 0) is 17.7 Å². The van der Waals surface area contributed by atoms with Crippen LogP contribution in [0.4, 0.5) is 15.8 Å². The van der Waals surface area contributed by atoms with Gasteiger partial charge in [0.15, 0.2) is 0 Å². The van der Waals surface area contributed by atoms with Crippen LogP contribution in [0.15, 0.2) is 47.4 Å². The molecule has 1 aliphatic rings. The Labute approximate surface area is 119 Å². The van der Waals surface area contributed by atoms with Crippen molar-refractivity contribution in [2.24, 2.45) is 0 Å². The van der Waals surface area contributed by atoms with Gasteiger partial charge in [0.2, 0.25) is 0 Å². The molecule has 3 rings (SSSR count). The van der Waals surface area contributed by atoms with E-state index in [0.717, 1.165) is 17.4 Å². The topological polar surface area (TPSA) is 55.2 Å². The number of fused-ring (bicyclic) bond motifs is 1. The van der Waals surface area contributed by atoms with E-state index in [4.69, 9.17) is 0 Å². The molecule has 0 bridgehead atoms. The number of hydrogen-bond acceptors (Lipinski definition) is 4. The summed E-state index contributed by atoms with van der Waals surface area (Å²) in [5, 5.41) is 13.9. The number of halogens is 1. The maximum Gasteiger partial charge on any atom is 0.274 e. The minimum absolute atomic E-state index is 0.0394. The fourth-order valence-electron chi connectivity index (χ4n) is 2.25. The average Bonchev–Trinajstić information content (AvgIpc) is 2.82. The standard InChI is InChI=1S/C14H11FN2O2S/c15-9-5-10(7-11(6-9)17(18)19)16-13-8-20-14-4-2-1-3-12(13)14/h1-7,13,16H,8H2. The summed E-state index contributed by atoms with van der Waals surface area (Å²) in [4.78, 5) is 11.3. The van der Waals surface area contributed by atoms with Crippen LogP contribution in [0.3, 0.4) is 0 Å². The lowest BCUT2D eigenvalue weighted by atomic mass is 10.1. The lowest BCUT2D eigenvalue weighted by molar-refractivity contribution is -0.385. The second-order valence-corrected chi connectivity index (χ2v) is 5.56. The quantitative estimate of drug-likeness (QED) is 0.686. The number of nitro groups is 1. The van der Waals surface area contributed by atoms with Crippen LogP contribution in [-0.4, -0.2) is 10.7 Å². The van der Waals surface area contributed by atoms with Crippen molar-refractivity contribution >= 4 is 23.1 Å². The summed E-state index contributed by atoms with van der Waals surface area (Å²) in [5.74, 6) is 0.213. The van der Waals surface area contributed by atoms with Crippen molar-refractivity contribution in [3.63, 3.8) is 0 Å². The molecule has 102 valence electrons. The highest BCUT2D eigenvalue weighted by molar-refractivity contribution is 7.99. The molecule has 20 heavy (non-hydrogen) atoms. The van der Waals surface area contributed by atoms with Gasteiger partial charge in [0.05, 0.1) is 17.0 Å². The summed E-state index contributed by atoms with van der Waals surface area (Å²) in [6, 6.07) is 11.6. The first-order valence-corrected chi connectivity index (χ1v) is 7.05. The molecule has 1 unspecified atom stereocenters. The molecule has 0 fully saturated rings. The Kier molecular flexibility index (Phi) is 3.31. The zero-order valence-corrected chi connectivity index (χ0v) is 11.2. The highest BCUT2D eigenvalue weighted by Crippen LogP contribution is 2.39. The molecule has 1 N–H and O–H groups in total. The summed E-state index contributed by atoms with van der Waals surface area (Å²) in [6.45, 7) is 0. The van der Waals surface area contributed by atoms with Crippen LogP contribution in [-0.2, 0) is 0 Å². The molecule has 2 aromatic rings. The van der Waals surface area contributed by atoms with Crippen LogP contribution < -0.4 is 5.32 Å². The van der Waals surface area contributed by atoms with Gasteiger partial charge in [0.1, 0.15) is 5.82 Å². The number of rotatable bonds is 3. The Balaban J connectivity index is 1.88. The summed E-state index contributed by atoms with van der Waals surface area (Å²) >= 11 is 1.72. The molecule has 1 aliphatic heterocycles. The van der Waals surface area contributed by atoms with E-state index >= 15 is 0 Å². The van der Waals surface area contributed by atoms with Gasteiger partial charge in [-0.1, -0.05) is 18.2 Å². The van der Waals surface area contributed by atoms with Crippen molar-refractivity contribution in [3.05, 3.63) is 64.0 Å². The van der Waals surface area contributed by atoms with Gasteiger partial charge >= 0.3 is 0 Å². The van der Waals surface area contributed by atoms with Crippen LogP contribution in [0.1, 0.15) is 11.6 Å². The molecule has 4 nitrogen and oxygen atoms in total. The zero-order valence-electron chi connectivity index (χ0n) is 10.4. The van der Waals surface area contributed by atoms with Gasteiger partial charge in [0, 0.05) is 22.4 Å². The van der Waals surface area contributed by atoms with E-state index in [0.29, 0.717) is 5.69 Å². The van der Waals surface area contributed by atoms with Gasteiger partial charge in [-0.25, -0.2) is 4.39 Å². The highest BCUT2D eigenvalue weighted by Gasteiger charge is 2.23. The summed E-state index contributed by atoms with van der Waals surface area (Å²) in [5.41, 5.74) is 1.33. The third-order valence-electron chi connectivity index (χ3n) is 3.13. The number of nitrogens with zero attached hydrogens (tertiary/aromatic N) is 1. The predicted octanol–water partition coefficient (Wildman–Crippen LogP) is 3.99. The third kappa shape index (κ3) is 2.46. The second-order valence-electron chi connectivity index (χ2n) is 4.50. The molecule has 2 aromatic carbocycles. The maximum absolute atomic E-state index is 13.4. The van der Waals surface area contributed by atoms with Crippen LogP contribution in [0, 0.1) is 15.9 Å². The van der Waals surface area contributed by atoms with Gasteiger partial charge in [-0.3, -0.25) is 10.1 Å². The summed E-state index contributed by atoms with van der Waals surface area (Å²) in [6.07, 6.45) is 0. The number of thioether (sulfide) groups is 1. The highest BCUT2D eigenvalue weighted by atomic mass is 32.2. The van der Waals surface area contributed by atoms with Crippen molar-refractivity contribution in [1.29, 1.82) is 0 Å². The second kappa shape index (κ2) is 5.13. The van der Waals surface area contributed by atoms with E-state index < -0.39 is 10.7 Å². The molecule has 0 aliphatic carbocycles. The number of nitro benzene ring substituents is 1. The van der Waals surface area contributed by atoms with E-state index in [1.54, 1.807) is 11.8 Å². The van der Waals surface area contributed by atoms with Crippen molar-refractivity contribution in [3.8, 4) is 0 Å². The Hall–Kier alpha value is -2.08. The molecule has 0 saturated heterocycles. The van der Waals surface area contributed by atoms with Crippen molar-refractivity contribution < 1.29 is 9.31 Å². The first kappa shape index (κ1) is 12.9. The molecule has 0 aromatic heterocycles. The van der Waals surface area contributed by atoms with Crippen LogP contribution in [0.25, 0.3) is 0 Å². The van der Waals surface area contributed by atoms with Crippen molar-refractivity contribution in [2.75, 3.05) is 11.1 Å². The smallest absolute Gasteiger partial charge is 0.274 e. The average molecular weight is 290 g/mol. The number of non-ortho nitro benzene ring substituents is 1. The molecule has 0 amide bonds. The monoisotopic (exact) mass is 290 g/mol. The van der Waals surface area contributed by atoms with Crippen LogP contribution >= 0.6 is 11.8 Å². The van der Waals surface area contributed by atoms with E-state index in [2.05, 4.69) is 5.32 Å². The predicted molar refractivity (Wildman–Crippen MR) is 76.6 cm³/mol. The SMILES string of the molecule is O=[N+]([O-])c1cc(F)cc(NC2CSc3ccccc32)c1. The normalized spacial score (nSPS) is 16.8. The lowest BCUT2D eigenvalue weighted by Crippen LogP contribution is -2.10. The largest absolute Gasteiger partial charge is 0.377 e. The molecule has 6 heteroatoms. The molecular formula is C14H11FN2O2S. The Morgan fingerprint density at radius 1 is 1.30 bits per heavy atom. The van der Waals surface area contributed by atoms with Crippen molar-refractivity contribution in [2.45, 2.75) is 10.9 Å². The molecular weight excluding hydrogens is 279 g/mol. The minimum Gasteiger partial charge on any atom is -0.377 e. The minimum atomic E-state index is -0.611. The zero-order chi connectivity index (χ0) is 14.1. The first-order valence-electron chi connectivity index (χ1n) is 6.07. The van der Waals surface area contributed by atoms with Gasteiger partial charge in [-0.2, -0.15) is 0 Å². The van der Waals surface area contributed by atoms with Crippen LogP contribution in [0.5, 0.6) is 0 Å². The molecule has 1 atom stereocenters. The Morgan fingerprint density at radius 3 is 2.90 bits per heavy atom. The van der Waals surface area contributed by atoms with Crippen LogP contribution in [0.2, 0.25) is 0 Å². The van der Waals surface area contributed by atoms with E-state index in [-0.39, 0.29) is 11.7 Å². The first-order chi connectivity index (χ1) is 9.63. The Bertz CT molecular complexity index is 678. The third-order valence-corrected chi connectivity index (χ3v) is 4.32.